The van der Waals surface area contributed by atoms with Gasteiger partial charge in [0.25, 0.3) is 0 Å². The Bertz CT molecular complexity index is 450. The number of hydrogen-bond donors (Lipinski definition) is 1. The van der Waals surface area contributed by atoms with Crippen LogP contribution in [-0.2, 0) is 11.2 Å². The first-order valence-corrected chi connectivity index (χ1v) is 7.47. The lowest BCUT2D eigenvalue weighted by Crippen LogP contribution is -2.44. The van der Waals surface area contributed by atoms with E-state index < -0.39 is 5.60 Å². The predicted octanol–water partition coefficient (Wildman–Crippen LogP) is 3.70. The summed E-state index contributed by atoms with van der Waals surface area (Å²) in [6, 6.07) is 4.95. The van der Waals surface area contributed by atoms with Gasteiger partial charge < -0.3 is 9.84 Å². The highest BCUT2D eigenvalue weighted by atomic mass is 79.9. The molecule has 1 aliphatic heterocycles. The van der Waals surface area contributed by atoms with Crippen LogP contribution in [0.2, 0.25) is 0 Å². The molecule has 1 aromatic carbocycles. The van der Waals surface area contributed by atoms with E-state index in [1.54, 1.807) is 6.07 Å². The highest BCUT2D eigenvalue weighted by Gasteiger charge is 2.36. The van der Waals surface area contributed by atoms with Crippen molar-refractivity contribution in [3.8, 4) is 0 Å². The summed E-state index contributed by atoms with van der Waals surface area (Å²) >= 11 is 3.26. The summed E-state index contributed by atoms with van der Waals surface area (Å²) in [4.78, 5) is 0. The van der Waals surface area contributed by atoms with E-state index in [-0.39, 0.29) is 11.9 Å². The molecule has 106 valence electrons. The summed E-state index contributed by atoms with van der Waals surface area (Å²) in [5.74, 6) is 0.0938. The fraction of sp³-hybridized carbons (Fsp3) is 0.600. The zero-order valence-electron chi connectivity index (χ0n) is 11.3. The van der Waals surface area contributed by atoms with Crippen molar-refractivity contribution in [2.75, 3.05) is 6.61 Å². The van der Waals surface area contributed by atoms with Gasteiger partial charge in [-0.3, -0.25) is 0 Å². The van der Waals surface area contributed by atoms with Crippen LogP contribution in [0, 0.1) is 11.7 Å². The van der Waals surface area contributed by atoms with Gasteiger partial charge in [-0.2, -0.15) is 0 Å². The highest BCUT2D eigenvalue weighted by molar-refractivity contribution is 9.10. The summed E-state index contributed by atoms with van der Waals surface area (Å²) in [5.41, 5.74) is 0.00987. The molecule has 1 aromatic rings. The van der Waals surface area contributed by atoms with Crippen LogP contribution in [0.15, 0.2) is 22.7 Å². The Morgan fingerprint density at radius 1 is 1.53 bits per heavy atom. The van der Waals surface area contributed by atoms with Crippen LogP contribution in [0.4, 0.5) is 4.39 Å². The minimum atomic E-state index is -0.802. The zero-order valence-corrected chi connectivity index (χ0v) is 12.9. The van der Waals surface area contributed by atoms with Gasteiger partial charge in [0.15, 0.2) is 0 Å². The van der Waals surface area contributed by atoms with Gasteiger partial charge in [-0.15, -0.1) is 0 Å². The second-order valence-electron chi connectivity index (χ2n) is 5.72. The van der Waals surface area contributed by atoms with Gasteiger partial charge in [0.1, 0.15) is 5.82 Å². The molecule has 0 saturated carbocycles. The van der Waals surface area contributed by atoms with Gasteiger partial charge in [0, 0.05) is 19.4 Å². The van der Waals surface area contributed by atoms with Gasteiger partial charge in [-0.05, 0) is 39.9 Å². The van der Waals surface area contributed by atoms with Gasteiger partial charge in [0.05, 0.1) is 16.2 Å². The summed E-state index contributed by atoms with van der Waals surface area (Å²) in [5, 5.41) is 10.7. The van der Waals surface area contributed by atoms with Gasteiger partial charge >= 0.3 is 0 Å². The molecule has 0 bridgehead atoms. The molecule has 4 heteroatoms. The quantitative estimate of drug-likeness (QED) is 0.915. The van der Waals surface area contributed by atoms with Crippen molar-refractivity contribution in [1.29, 1.82) is 0 Å². The number of aliphatic hydroxyl groups is 1. The minimum absolute atomic E-state index is 0.0751. The topological polar surface area (TPSA) is 29.5 Å². The van der Waals surface area contributed by atoms with Crippen molar-refractivity contribution < 1.29 is 14.2 Å². The third-order valence-corrected chi connectivity index (χ3v) is 4.66. The highest BCUT2D eigenvalue weighted by Crippen LogP contribution is 2.33. The average Bonchev–Trinajstić information content (AvgIpc) is 2.35. The molecule has 2 rings (SSSR count). The van der Waals surface area contributed by atoms with E-state index in [2.05, 4.69) is 29.8 Å². The molecule has 0 aliphatic carbocycles. The van der Waals surface area contributed by atoms with E-state index in [0.29, 0.717) is 36.3 Å². The molecule has 1 saturated heterocycles. The molecule has 0 amide bonds. The van der Waals surface area contributed by atoms with Crippen LogP contribution < -0.4 is 0 Å². The van der Waals surface area contributed by atoms with E-state index in [1.165, 1.54) is 6.07 Å². The lowest BCUT2D eigenvalue weighted by atomic mass is 9.82. The number of ether oxygens (including phenoxy) is 1. The Kier molecular flexibility index (Phi) is 4.64. The standard InChI is InChI=1S/C15H20BrFO2/c1-10(2)13-9-15(18,6-7-19-13)8-11-4-3-5-12(17)14(11)16/h3-5,10,13,18H,6-9H2,1-2H3. The largest absolute Gasteiger partial charge is 0.389 e. The SMILES string of the molecule is CC(C)C1CC(O)(Cc2cccc(F)c2Br)CCO1. The number of benzene rings is 1. The molecular formula is C15H20BrFO2. The number of rotatable bonds is 3. The number of halogens is 2. The number of hydrogen-bond acceptors (Lipinski definition) is 2. The van der Waals surface area contributed by atoms with Crippen LogP contribution in [0.1, 0.15) is 32.3 Å². The van der Waals surface area contributed by atoms with E-state index in [9.17, 15) is 9.50 Å². The average molecular weight is 331 g/mol. The van der Waals surface area contributed by atoms with Crippen molar-refractivity contribution in [2.45, 2.75) is 44.8 Å². The lowest BCUT2D eigenvalue weighted by Gasteiger charge is -2.38. The normalized spacial score (nSPS) is 27.8. The first-order valence-electron chi connectivity index (χ1n) is 6.68. The third-order valence-electron chi connectivity index (χ3n) is 3.78. The molecule has 2 nitrogen and oxygen atoms in total. The van der Waals surface area contributed by atoms with Crippen molar-refractivity contribution in [3.63, 3.8) is 0 Å². The van der Waals surface area contributed by atoms with Crippen LogP contribution >= 0.6 is 15.9 Å². The summed E-state index contributed by atoms with van der Waals surface area (Å²) in [6.07, 6.45) is 1.73. The predicted molar refractivity (Wildman–Crippen MR) is 76.6 cm³/mol. The van der Waals surface area contributed by atoms with E-state index in [0.717, 1.165) is 5.56 Å². The summed E-state index contributed by atoms with van der Waals surface area (Å²) < 4.78 is 19.6. The summed E-state index contributed by atoms with van der Waals surface area (Å²) in [7, 11) is 0. The van der Waals surface area contributed by atoms with E-state index in [4.69, 9.17) is 4.74 Å². The zero-order chi connectivity index (χ0) is 14.0. The molecule has 0 spiro atoms. The molecule has 1 N–H and O–H groups in total. The van der Waals surface area contributed by atoms with Crippen LogP contribution in [0.5, 0.6) is 0 Å². The fourth-order valence-electron chi connectivity index (χ4n) is 2.56. The molecule has 1 heterocycles. The monoisotopic (exact) mass is 330 g/mol. The lowest BCUT2D eigenvalue weighted by molar-refractivity contribution is -0.116. The molecule has 2 unspecified atom stereocenters. The van der Waals surface area contributed by atoms with Gasteiger partial charge in [0.2, 0.25) is 0 Å². The van der Waals surface area contributed by atoms with Crippen molar-refractivity contribution in [1.82, 2.24) is 0 Å². The third kappa shape index (κ3) is 3.56. The molecule has 2 atom stereocenters. The van der Waals surface area contributed by atoms with Crippen LogP contribution in [0.3, 0.4) is 0 Å². The van der Waals surface area contributed by atoms with E-state index >= 15 is 0 Å². The summed E-state index contributed by atoms with van der Waals surface area (Å²) in [6.45, 7) is 4.75. The molecule has 0 radical (unpaired) electrons. The van der Waals surface area contributed by atoms with E-state index in [1.807, 2.05) is 6.07 Å². The molecule has 0 aromatic heterocycles. The second-order valence-corrected chi connectivity index (χ2v) is 6.51. The maximum Gasteiger partial charge on any atom is 0.137 e. The first-order chi connectivity index (χ1) is 8.91. The molecule has 19 heavy (non-hydrogen) atoms. The Morgan fingerprint density at radius 2 is 2.26 bits per heavy atom. The Labute approximate surface area is 122 Å². The molecule has 1 fully saturated rings. The second kappa shape index (κ2) is 5.90. The Balaban J connectivity index is 2.14. The fourth-order valence-corrected chi connectivity index (χ4v) is 2.97. The van der Waals surface area contributed by atoms with Crippen LogP contribution in [0.25, 0.3) is 0 Å². The Hall–Kier alpha value is -0.450. The van der Waals surface area contributed by atoms with Crippen molar-refractivity contribution in [3.05, 3.63) is 34.1 Å². The van der Waals surface area contributed by atoms with Crippen molar-refractivity contribution >= 4 is 15.9 Å². The smallest absolute Gasteiger partial charge is 0.137 e. The Morgan fingerprint density at radius 3 is 2.95 bits per heavy atom. The maximum atomic E-state index is 13.5. The van der Waals surface area contributed by atoms with Crippen molar-refractivity contribution in [2.24, 2.45) is 5.92 Å². The van der Waals surface area contributed by atoms with Gasteiger partial charge in [-0.25, -0.2) is 4.39 Å². The minimum Gasteiger partial charge on any atom is -0.389 e. The first kappa shape index (κ1) is 14.9. The molecular weight excluding hydrogens is 311 g/mol. The van der Waals surface area contributed by atoms with Gasteiger partial charge in [-0.1, -0.05) is 26.0 Å². The maximum absolute atomic E-state index is 13.5. The molecule has 1 aliphatic rings. The van der Waals surface area contributed by atoms with Crippen LogP contribution in [-0.4, -0.2) is 23.4 Å².